The van der Waals surface area contributed by atoms with E-state index in [4.69, 9.17) is 0 Å². The second kappa shape index (κ2) is 5.79. The first kappa shape index (κ1) is 13.9. The molecule has 4 rings (SSSR count). The highest BCUT2D eigenvalue weighted by Gasteiger charge is 2.23. The summed E-state index contributed by atoms with van der Waals surface area (Å²) in [6, 6.07) is 8.15. The zero-order valence-corrected chi connectivity index (χ0v) is 12.6. The van der Waals surface area contributed by atoms with Crippen LogP contribution in [0.5, 0.6) is 0 Å². The summed E-state index contributed by atoms with van der Waals surface area (Å²) in [6.07, 6.45) is 7.30. The van der Waals surface area contributed by atoms with Crippen LogP contribution in [0.15, 0.2) is 42.9 Å². The largest absolute Gasteiger partial charge is 0.356 e. The molecule has 1 aliphatic rings. The number of hydrogen-bond donors (Lipinski definition) is 1. The molecule has 1 atom stereocenters. The van der Waals surface area contributed by atoms with Crippen molar-refractivity contribution in [1.29, 1.82) is 0 Å². The Morgan fingerprint density at radius 3 is 3.09 bits per heavy atom. The Kier molecular flexibility index (Phi) is 3.49. The fraction of sp³-hybridized carbons (Fsp3) is 0.294. The molecular weight excluding hydrogens is 290 g/mol. The number of pyridine rings is 1. The molecule has 3 aromatic rings. The van der Waals surface area contributed by atoms with Gasteiger partial charge in [-0.3, -0.25) is 14.5 Å². The Bertz CT molecular complexity index is 857. The summed E-state index contributed by atoms with van der Waals surface area (Å²) in [5.41, 5.74) is 1.88. The summed E-state index contributed by atoms with van der Waals surface area (Å²) < 4.78 is 1.82. The number of hydrogen-bond acceptors (Lipinski definition) is 4. The molecule has 23 heavy (non-hydrogen) atoms. The molecule has 6 nitrogen and oxygen atoms in total. The maximum absolute atomic E-state index is 11.6. The van der Waals surface area contributed by atoms with Crippen molar-refractivity contribution in [2.75, 3.05) is 6.54 Å². The normalized spacial score (nSPS) is 17.6. The number of nitrogens with zero attached hydrogens (tertiary/aromatic N) is 4. The Balaban J connectivity index is 1.51. The fourth-order valence-electron chi connectivity index (χ4n) is 2.99. The van der Waals surface area contributed by atoms with Gasteiger partial charge in [0.1, 0.15) is 5.69 Å². The van der Waals surface area contributed by atoms with Crippen molar-refractivity contribution in [2.45, 2.75) is 19.4 Å². The number of aromatic nitrogens is 4. The molecule has 1 aromatic carbocycles. The lowest BCUT2D eigenvalue weighted by atomic mass is 10.0. The number of aryl methyl sites for hydroxylation is 1. The van der Waals surface area contributed by atoms with Gasteiger partial charge in [-0.25, -0.2) is 0 Å². The van der Waals surface area contributed by atoms with Crippen LogP contribution in [-0.4, -0.2) is 32.4 Å². The monoisotopic (exact) mass is 307 g/mol. The minimum atomic E-state index is 0.107. The predicted octanol–water partition coefficient (Wildman–Crippen LogP) is 2.02. The molecule has 1 unspecified atom stereocenters. The number of fused-ring (bicyclic) bond motifs is 1. The first-order valence-electron chi connectivity index (χ1n) is 7.81. The number of rotatable bonds is 4. The van der Waals surface area contributed by atoms with Crippen LogP contribution < -0.4 is 5.32 Å². The van der Waals surface area contributed by atoms with Gasteiger partial charge in [0.2, 0.25) is 5.91 Å². The average Bonchev–Trinajstić information content (AvgIpc) is 3.21. The average molecular weight is 307 g/mol. The molecule has 0 radical (unpaired) electrons. The van der Waals surface area contributed by atoms with E-state index in [0.717, 1.165) is 41.4 Å². The van der Waals surface area contributed by atoms with Crippen molar-refractivity contribution in [3.8, 4) is 11.3 Å². The third kappa shape index (κ3) is 2.79. The minimum Gasteiger partial charge on any atom is -0.356 e. The van der Waals surface area contributed by atoms with E-state index in [1.807, 2.05) is 35.3 Å². The Hall–Kier alpha value is -2.76. The van der Waals surface area contributed by atoms with Crippen LogP contribution in [0, 0.1) is 5.92 Å². The van der Waals surface area contributed by atoms with Crippen molar-refractivity contribution in [2.24, 2.45) is 5.92 Å². The van der Waals surface area contributed by atoms with Gasteiger partial charge in [0.15, 0.2) is 0 Å². The van der Waals surface area contributed by atoms with Crippen molar-refractivity contribution in [1.82, 2.24) is 25.3 Å². The highest BCUT2D eigenvalue weighted by Crippen LogP contribution is 2.22. The molecule has 0 aliphatic carbocycles. The van der Waals surface area contributed by atoms with Gasteiger partial charge >= 0.3 is 0 Å². The van der Waals surface area contributed by atoms with Gasteiger partial charge < -0.3 is 5.32 Å². The Morgan fingerprint density at radius 2 is 2.22 bits per heavy atom. The van der Waals surface area contributed by atoms with E-state index in [-0.39, 0.29) is 11.8 Å². The number of benzene rings is 1. The lowest BCUT2D eigenvalue weighted by molar-refractivity contribution is -0.122. The summed E-state index contributed by atoms with van der Waals surface area (Å²) in [5, 5.41) is 13.5. The van der Waals surface area contributed by atoms with Crippen molar-refractivity contribution in [3.05, 3.63) is 42.9 Å². The topological polar surface area (TPSA) is 72.7 Å². The predicted molar refractivity (Wildman–Crippen MR) is 86.5 cm³/mol. The van der Waals surface area contributed by atoms with Gasteiger partial charge in [-0.15, -0.1) is 5.10 Å². The van der Waals surface area contributed by atoms with Crippen LogP contribution in [0.2, 0.25) is 0 Å². The molecule has 1 N–H and O–H groups in total. The van der Waals surface area contributed by atoms with Crippen LogP contribution in [-0.2, 0) is 11.3 Å². The highest BCUT2D eigenvalue weighted by molar-refractivity contribution is 5.85. The third-order valence-electron chi connectivity index (χ3n) is 4.34. The van der Waals surface area contributed by atoms with Crippen molar-refractivity contribution in [3.63, 3.8) is 0 Å². The summed E-state index contributed by atoms with van der Waals surface area (Å²) >= 11 is 0. The van der Waals surface area contributed by atoms with E-state index in [1.165, 1.54) is 0 Å². The standard InChI is InChI=1S/C17H17N5O/c23-17-12(4-7-19-17)5-8-22-11-16(20-21-22)14-1-2-15-10-18-6-3-13(15)9-14/h1-3,6,9-12H,4-5,7-8H2,(H,19,23). The molecule has 116 valence electrons. The summed E-state index contributed by atoms with van der Waals surface area (Å²) in [6.45, 7) is 1.50. The van der Waals surface area contributed by atoms with Crippen LogP contribution in [0.25, 0.3) is 22.0 Å². The van der Waals surface area contributed by atoms with E-state index >= 15 is 0 Å². The zero-order chi connectivity index (χ0) is 15.6. The van der Waals surface area contributed by atoms with E-state index in [0.29, 0.717) is 6.54 Å². The van der Waals surface area contributed by atoms with Gasteiger partial charge in [-0.2, -0.15) is 0 Å². The van der Waals surface area contributed by atoms with Crippen LogP contribution in [0.1, 0.15) is 12.8 Å². The summed E-state index contributed by atoms with van der Waals surface area (Å²) in [7, 11) is 0. The van der Waals surface area contributed by atoms with E-state index in [1.54, 1.807) is 6.20 Å². The zero-order valence-electron chi connectivity index (χ0n) is 12.6. The molecule has 6 heteroatoms. The summed E-state index contributed by atoms with van der Waals surface area (Å²) in [4.78, 5) is 15.7. The second-order valence-corrected chi connectivity index (χ2v) is 5.87. The van der Waals surface area contributed by atoms with Crippen molar-refractivity contribution >= 4 is 16.7 Å². The van der Waals surface area contributed by atoms with E-state index in [2.05, 4.69) is 26.7 Å². The quantitative estimate of drug-likeness (QED) is 0.800. The van der Waals surface area contributed by atoms with Gasteiger partial charge in [0.25, 0.3) is 0 Å². The molecule has 0 saturated carbocycles. The smallest absolute Gasteiger partial charge is 0.223 e. The Labute approximate surface area is 133 Å². The first-order chi connectivity index (χ1) is 11.3. The van der Waals surface area contributed by atoms with Gasteiger partial charge in [0, 0.05) is 42.4 Å². The summed E-state index contributed by atoms with van der Waals surface area (Å²) in [5.74, 6) is 0.268. The van der Waals surface area contributed by atoms with E-state index in [9.17, 15) is 4.79 Å². The third-order valence-corrected chi connectivity index (χ3v) is 4.34. The molecule has 1 aliphatic heterocycles. The van der Waals surface area contributed by atoms with Gasteiger partial charge in [-0.1, -0.05) is 17.3 Å². The number of carbonyl (C=O) groups excluding carboxylic acids is 1. The number of amides is 1. The van der Waals surface area contributed by atoms with Gasteiger partial charge in [-0.05, 0) is 30.4 Å². The minimum absolute atomic E-state index is 0.107. The first-order valence-corrected chi connectivity index (χ1v) is 7.81. The van der Waals surface area contributed by atoms with Crippen molar-refractivity contribution < 1.29 is 4.79 Å². The van der Waals surface area contributed by atoms with Crippen LogP contribution in [0.3, 0.4) is 0 Å². The molecule has 3 heterocycles. The number of carbonyl (C=O) groups is 1. The molecule has 2 aromatic heterocycles. The highest BCUT2D eigenvalue weighted by atomic mass is 16.2. The molecule has 0 spiro atoms. The SMILES string of the molecule is O=C1NCCC1CCn1cc(-c2ccc3cnccc3c2)nn1. The molecule has 0 bridgehead atoms. The molecule has 1 fully saturated rings. The van der Waals surface area contributed by atoms with E-state index < -0.39 is 0 Å². The molecule has 1 saturated heterocycles. The lowest BCUT2D eigenvalue weighted by Crippen LogP contribution is -2.20. The Morgan fingerprint density at radius 1 is 1.26 bits per heavy atom. The molecule has 1 amide bonds. The molecular formula is C17H17N5O. The van der Waals surface area contributed by atoms with Crippen LogP contribution in [0.4, 0.5) is 0 Å². The fourth-order valence-corrected chi connectivity index (χ4v) is 2.99. The maximum Gasteiger partial charge on any atom is 0.223 e. The van der Waals surface area contributed by atoms with Crippen LogP contribution >= 0.6 is 0 Å². The second-order valence-electron chi connectivity index (χ2n) is 5.87. The maximum atomic E-state index is 11.6. The van der Waals surface area contributed by atoms with Gasteiger partial charge in [0.05, 0.1) is 6.20 Å². The lowest BCUT2D eigenvalue weighted by Gasteiger charge is -2.05. The number of nitrogens with one attached hydrogen (secondary N) is 1.